The van der Waals surface area contributed by atoms with Crippen LogP contribution in [0.1, 0.15) is 22.3 Å². The highest BCUT2D eigenvalue weighted by Gasteiger charge is 2.06. The molecule has 0 radical (unpaired) electrons. The maximum atomic E-state index is 5.41. The Hall–Kier alpha value is -2.16. The van der Waals surface area contributed by atoms with Crippen molar-refractivity contribution in [2.24, 2.45) is 0 Å². The van der Waals surface area contributed by atoms with Crippen molar-refractivity contribution in [3.8, 4) is 11.5 Å². The number of aryl methyl sites for hydroxylation is 3. The Balaban J connectivity index is 2.18. The molecule has 0 amide bonds. The van der Waals surface area contributed by atoms with Gasteiger partial charge in [0, 0.05) is 12.6 Å². The van der Waals surface area contributed by atoms with Crippen LogP contribution in [0, 0.1) is 20.8 Å². The molecule has 0 aliphatic carbocycles. The minimum atomic E-state index is 0.773. The molecule has 0 saturated heterocycles. The highest BCUT2D eigenvalue weighted by molar-refractivity contribution is 5.59. The van der Waals surface area contributed by atoms with Crippen LogP contribution in [0.25, 0.3) is 0 Å². The molecule has 2 aromatic carbocycles. The zero-order valence-corrected chi connectivity index (χ0v) is 13.4. The topological polar surface area (TPSA) is 30.5 Å². The molecule has 3 heteroatoms. The van der Waals surface area contributed by atoms with Crippen molar-refractivity contribution in [3.05, 3.63) is 52.6 Å². The van der Waals surface area contributed by atoms with E-state index in [-0.39, 0.29) is 0 Å². The Morgan fingerprint density at radius 1 is 0.857 bits per heavy atom. The van der Waals surface area contributed by atoms with Crippen LogP contribution in [0.2, 0.25) is 0 Å². The SMILES string of the molecule is COc1ccc(NCc2cc(C)c(C)cc2C)c(OC)c1. The average molecular weight is 285 g/mol. The molecule has 0 spiro atoms. The first-order valence-corrected chi connectivity index (χ1v) is 7.07. The lowest BCUT2D eigenvalue weighted by atomic mass is 10.0. The first kappa shape index (κ1) is 15.2. The molecule has 0 saturated carbocycles. The van der Waals surface area contributed by atoms with Crippen molar-refractivity contribution in [2.75, 3.05) is 19.5 Å². The molecule has 3 nitrogen and oxygen atoms in total. The van der Waals surface area contributed by atoms with Crippen LogP contribution >= 0.6 is 0 Å². The third-order valence-corrected chi connectivity index (χ3v) is 3.83. The number of hydrogen-bond acceptors (Lipinski definition) is 3. The second-order valence-corrected chi connectivity index (χ2v) is 5.28. The maximum Gasteiger partial charge on any atom is 0.145 e. The summed E-state index contributed by atoms with van der Waals surface area (Å²) in [6.07, 6.45) is 0. The van der Waals surface area contributed by atoms with Gasteiger partial charge in [-0.15, -0.1) is 0 Å². The van der Waals surface area contributed by atoms with E-state index in [0.717, 1.165) is 23.7 Å². The van der Waals surface area contributed by atoms with Gasteiger partial charge in [-0.2, -0.15) is 0 Å². The molecular weight excluding hydrogens is 262 g/mol. The fraction of sp³-hybridized carbons (Fsp3) is 0.333. The lowest BCUT2D eigenvalue weighted by Gasteiger charge is -2.15. The van der Waals surface area contributed by atoms with Gasteiger partial charge in [-0.25, -0.2) is 0 Å². The maximum absolute atomic E-state index is 5.41. The third kappa shape index (κ3) is 3.48. The summed E-state index contributed by atoms with van der Waals surface area (Å²) >= 11 is 0. The lowest BCUT2D eigenvalue weighted by molar-refractivity contribution is 0.395. The first-order valence-electron chi connectivity index (χ1n) is 7.07. The molecule has 0 aliphatic rings. The molecule has 0 bridgehead atoms. The van der Waals surface area contributed by atoms with Crippen LogP contribution in [-0.4, -0.2) is 14.2 Å². The molecular formula is C18H23NO2. The normalized spacial score (nSPS) is 10.3. The first-order chi connectivity index (χ1) is 10.0. The van der Waals surface area contributed by atoms with E-state index in [2.05, 4.69) is 38.2 Å². The molecule has 0 atom stereocenters. The second kappa shape index (κ2) is 6.53. The Morgan fingerprint density at radius 2 is 1.57 bits per heavy atom. The van der Waals surface area contributed by atoms with Crippen LogP contribution in [-0.2, 0) is 6.54 Å². The van der Waals surface area contributed by atoms with Gasteiger partial charge in [0.2, 0.25) is 0 Å². The summed E-state index contributed by atoms with van der Waals surface area (Å²) in [6, 6.07) is 10.3. The fourth-order valence-electron chi connectivity index (χ4n) is 2.35. The van der Waals surface area contributed by atoms with Gasteiger partial charge in [0.05, 0.1) is 19.9 Å². The summed E-state index contributed by atoms with van der Waals surface area (Å²) in [6.45, 7) is 7.21. The number of benzene rings is 2. The van der Waals surface area contributed by atoms with Gasteiger partial charge in [0.25, 0.3) is 0 Å². The summed E-state index contributed by atoms with van der Waals surface area (Å²) in [4.78, 5) is 0. The van der Waals surface area contributed by atoms with Crippen molar-refractivity contribution < 1.29 is 9.47 Å². The number of ether oxygens (including phenoxy) is 2. The summed E-state index contributed by atoms with van der Waals surface area (Å²) in [7, 11) is 3.32. The zero-order valence-electron chi connectivity index (χ0n) is 13.4. The van der Waals surface area contributed by atoms with Crippen LogP contribution in [0.15, 0.2) is 30.3 Å². The van der Waals surface area contributed by atoms with Gasteiger partial charge in [-0.1, -0.05) is 12.1 Å². The Bertz CT molecular complexity index is 635. The van der Waals surface area contributed by atoms with Crippen LogP contribution in [0.4, 0.5) is 5.69 Å². The van der Waals surface area contributed by atoms with E-state index in [0.29, 0.717) is 0 Å². The summed E-state index contributed by atoms with van der Waals surface area (Å²) in [5.74, 6) is 1.58. The summed E-state index contributed by atoms with van der Waals surface area (Å²) in [5, 5.41) is 3.44. The monoisotopic (exact) mass is 285 g/mol. The van der Waals surface area contributed by atoms with Gasteiger partial charge in [0.15, 0.2) is 0 Å². The molecule has 0 aliphatic heterocycles. The predicted octanol–water partition coefficient (Wildman–Crippen LogP) is 4.24. The second-order valence-electron chi connectivity index (χ2n) is 5.28. The van der Waals surface area contributed by atoms with E-state index < -0.39 is 0 Å². The van der Waals surface area contributed by atoms with Gasteiger partial charge in [0.1, 0.15) is 11.5 Å². The van der Waals surface area contributed by atoms with Gasteiger partial charge in [-0.05, 0) is 55.2 Å². The highest BCUT2D eigenvalue weighted by Crippen LogP contribution is 2.29. The van der Waals surface area contributed by atoms with E-state index in [1.807, 2.05) is 18.2 Å². The molecule has 2 aromatic rings. The highest BCUT2D eigenvalue weighted by atomic mass is 16.5. The van der Waals surface area contributed by atoms with Gasteiger partial charge in [-0.3, -0.25) is 0 Å². The minimum Gasteiger partial charge on any atom is -0.497 e. The quantitative estimate of drug-likeness (QED) is 0.891. The Kier molecular flexibility index (Phi) is 4.73. The standard InChI is InChI=1S/C18H23NO2/c1-12-8-14(3)15(9-13(12)2)11-19-17-7-6-16(20-4)10-18(17)21-5/h6-10,19H,11H2,1-5H3. The minimum absolute atomic E-state index is 0.773. The number of nitrogens with one attached hydrogen (secondary N) is 1. The molecule has 0 aromatic heterocycles. The van der Waals surface area contributed by atoms with Gasteiger partial charge < -0.3 is 14.8 Å². The van der Waals surface area contributed by atoms with Gasteiger partial charge >= 0.3 is 0 Å². The zero-order chi connectivity index (χ0) is 15.4. The van der Waals surface area contributed by atoms with Crippen molar-refractivity contribution >= 4 is 5.69 Å². The van der Waals surface area contributed by atoms with E-state index in [1.54, 1.807) is 14.2 Å². The average Bonchev–Trinajstić information content (AvgIpc) is 2.49. The summed E-state index contributed by atoms with van der Waals surface area (Å²) in [5.41, 5.74) is 6.22. The smallest absolute Gasteiger partial charge is 0.145 e. The van der Waals surface area contributed by atoms with Crippen LogP contribution < -0.4 is 14.8 Å². The molecule has 21 heavy (non-hydrogen) atoms. The number of rotatable bonds is 5. The Labute approximate surface area is 126 Å². The summed E-state index contributed by atoms with van der Waals surface area (Å²) < 4.78 is 10.6. The van der Waals surface area contributed by atoms with Crippen molar-refractivity contribution in [1.82, 2.24) is 0 Å². The molecule has 0 fully saturated rings. The molecule has 1 N–H and O–H groups in total. The Morgan fingerprint density at radius 3 is 2.24 bits per heavy atom. The fourth-order valence-corrected chi connectivity index (χ4v) is 2.35. The van der Waals surface area contributed by atoms with Crippen molar-refractivity contribution in [3.63, 3.8) is 0 Å². The van der Waals surface area contributed by atoms with Crippen molar-refractivity contribution in [2.45, 2.75) is 27.3 Å². The van der Waals surface area contributed by atoms with E-state index in [1.165, 1.54) is 22.3 Å². The van der Waals surface area contributed by atoms with E-state index in [9.17, 15) is 0 Å². The van der Waals surface area contributed by atoms with E-state index in [4.69, 9.17) is 9.47 Å². The molecule has 2 rings (SSSR count). The third-order valence-electron chi connectivity index (χ3n) is 3.83. The largest absolute Gasteiger partial charge is 0.497 e. The van der Waals surface area contributed by atoms with Crippen molar-refractivity contribution in [1.29, 1.82) is 0 Å². The lowest BCUT2D eigenvalue weighted by Crippen LogP contribution is -2.04. The number of methoxy groups -OCH3 is 2. The van der Waals surface area contributed by atoms with E-state index >= 15 is 0 Å². The molecule has 112 valence electrons. The predicted molar refractivity (Wildman–Crippen MR) is 87.5 cm³/mol. The number of hydrogen-bond donors (Lipinski definition) is 1. The van der Waals surface area contributed by atoms with Crippen LogP contribution in [0.5, 0.6) is 11.5 Å². The molecule has 0 heterocycles. The van der Waals surface area contributed by atoms with Crippen LogP contribution in [0.3, 0.4) is 0 Å². The molecule has 0 unspecified atom stereocenters. The number of anilines is 1.